The zero-order chi connectivity index (χ0) is 20.1. The predicted octanol–water partition coefficient (Wildman–Crippen LogP) is 5.42. The molecule has 2 aromatic carbocycles. The molecule has 4 rings (SSSR count). The number of nitrogens with zero attached hydrogens (tertiary/aromatic N) is 3. The van der Waals surface area contributed by atoms with Gasteiger partial charge in [0, 0.05) is 27.9 Å². The number of rotatable bonds is 3. The third-order valence-electron chi connectivity index (χ3n) is 4.46. The van der Waals surface area contributed by atoms with Crippen molar-refractivity contribution in [2.24, 2.45) is 0 Å². The average Bonchev–Trinajstić information content (AvgIpc) is 3.09. The Hall–Kier alpha value is -2.81. The second-order valence-corrected chi connectivity index (χ2v) is 7.39. The molecule has 2 aromatic heterocycles. The van der Waals surface area contributed by atoms with Crippen molar-refractivity contribution in [3.05, 3.63) is 64.4 Å². The Labute approximate surface area is 166 Å². The Bertz CT molecular complexity index is 1190. The number of anilines is 2. The summed E-state index contributed by atoms with van der Waals surface area (Å²) in [4.78, 5) is 8.75. The van der Waals surface area contributed by atoms with Crippen LogP contribution in [0.2, 0.25) is 0 Å². The molecular weight excluding hydrogens is 435 g/mol. The average molecular weight is 450 g/mol. The van der Waals surface area contributed by atoms with Crippen molar-refractivity contribution < 1.29 is 13.2 Å². The van der Waals surface area contributed by atoms with Crippen LogP contribution in [0.4, 0.5) is 24.7 Å². The second-order valence-electron chi connectivity index (χ2n) is 6.47. The van der Waals surface area contributed by atoms with Gasteiger partial charge in [0.2, 0.25) is 5.78 Å². The molecule has 28 heavy (non-hydrogen) atoms. The van der Waals surface area contributed by atoms with Gasteiger partial charge in [-0.3, -0.25) is 4.40 Å². The smallest absolute Gasteiger partial charge is 0.399 e. The van der Waals surface area contributed by atoms with Crippen LogP contribution in [0.1, 0.15) is 24.1 Å². The van der Waals surface area contributed by atoms with Crippen molar-refractivity contribution in [2.75, 3.05) is 11.1 Å². The number of aromatic nitrogens is 3. The number of hydrogen-bond acceptors (Lipinski definition) is 4. The molecule has 9 heteroatoms. The van der Waals surface area contributed by atoms with Crippen LogP contribution in [0.25, 0.3) is 16.7 Å². The van der Waals surface area contributed by atoms with Gasteiger partial charge in [0.15, 0.2) is 0 Å². The Morgan fingerprint density at radius 3 is 2.71 bits per heavy atom. The third kappa shape index (κ3) is 3.37. The lowest BCUT2D eigenvalue weighted by molar-refractivity contribution is -0.137. The molecule has 0 radical (unpaired) electrons. The van der Waals surface area contributed by atoms with E-state index in [1.165, 1.54) is 6.07 Å². The lowest BCUT2D eigenvalue weighted by atomic mass is 10.0. The molecule has 0 amide bonds. The molecule has 0 spiro atoms. The highest BCUT2D eigenvalue weighted by molar-refractivity contribution is 9.10. The highest BCUT2D eigenvalue weighted by Gasteiger charge is 2.31. The Morgan fingerprint density at radius 2 is 1.96 bits per heavy atom. The Balaban J connectivity index is 1.79. The number of hydrogen-bond donors (Lipinski definition) is 2. The van der Waals surface area contributed by atoms with Crippen molar-refractivity contribution in [3.8, 4) is 0 Å². The predicted molar refractivity (Wildman–Crippen MR) is 106 cm³/mol. The van der Waals surface area contributed by atoms with Crippen molar-refractivity contribution in [2.45, 2.75) is 19.1 Å². The van der Waals surface area contributed by atoms with Gasteiger partial charge in [-0.1, -0.05) is 15.9 Å². The molecule has 1 atom stereocenters. The normalized spacial score (nSPS) is 13.2. The molecule has 0 aliphatic rings. The van der Waals surface area contributed by atoms with Gasteiger partial charge in [0.25, 0.3) is 0 Å². The van der Waals surface area contributed by atoms with E-state index in [4.69, 9.17) is 5.73 Å². The van der Waals surface area contributed by atoms with Gasteiger partial charge in [-0.2, -0.15) is 18.2 Å². The number of nitrogens with two attached hydrogens (primary N) is 1. The van der Waals surface area contributed by atoms with Crippen LogP contribution >= 0.6 is 15.9 Å². The summed E-state index contributed by atoms with van der Waals surface area (Å²) < 4.78 is 42.1. The Kier molecular flexibility index (Phi) is 4.41. The molecule has 0 aliphatic heterocycles. The number of nitrogen functional groups attached to an aromatic ring is 1. The maximum atomic E-state index is 13.1. The van der Waals surface area contributed by atoms with Gasteiger partial charge in [-0.25, -0.2) is 4.98 Å². The van der Waals surface area contributed by atoms with Crippen molar-refractivity contribution in [1.29, 1.82) is 0 Å². The molecule has 4 aromatic rings. The zero-order valence-electron chi connectivity index (χ0n) is 14.6. The van der Waals surface area contributed by atoms with Crippen LogP contribution in [-0.2, 0) is 6.18 Å². The van der Waals surface area contributed by atoms with Gasteiger partial charge >= 0.3 is 6.18 Å². The number of imidazole rings is 1. The highest BCUT2D eigenvalue weighted by atomic mass is 79.9. The van der Waals surface area contributed by atoms with E-state index in [0.717, 1.165) is 27.5 Å². The summed E-state index contributed by atoms with van der Waals surface area (Å²) in [6.07, 6.45) is -1.02. The van der Waals surface area contributed by atoms with Gasteiger partial charge in [0.05, 0.1) is 17.1 Å². The van der Waals surface area contributed by atoms with E-state index >= 15 is 0 Å². The van der Waals surface area contributed by atoms with E-state index in [0.29, 0.717) is 17.2 Å². The summed E-state index contributed by atoms with van der Waals surface area (Å²) in [5.41, 5.74) is 6.27. The summed E-state index contributed by atoms with van der Waals surface area (Å²) in [6.45, 7) is 1.76. The highest BCUT2D eigenvalue weighted by Crippen LogP contribution is 2.34. The SMILES string of the molecule is CC(Nc1nc2nccn2c2ccc(Br)cc12)c1cc(N)cc(C(F)(F)F)c1. The summed E-state index contributed by atoms with van der Waals surface area (Å²) >= 11 is 3.45. The van der Waals surface area contributed by atoms with Gasteiger partial charge in [-0.05, 0) is 48.9 Å². The van der Waals surface area contributed by atoms with Crippen LogP contribution < -0.4 is 11.1 Å². The molecule has 144 valence electrons. The van der Waals surface area contributed by atoms with E-state index in [-0.39, 0.29) is 5.69 Å². The quantitative estimate of drug-likeness (QED) is 0.409. The largest absolute Gasteiger partial charge is 0.416 e. The number of fused-ring (bicyclic) bond motifs is 3. The molecule has 2 heterocycles. The van der Waals surface area contributed by atoms with E-state index in [1.54, 1.807) is 19.3 Å². The fourth-order valence-electron chi connectivity index (χ4n) is 3.12. The topological polar surface area (TPSA) is 68.2 Å². The van der Waals surface area contributed by atoms with Gasteiger partial charge in [0.1, 0.15) is 5.82 Å². The van der Waals surface area contributed by atoms with Crippen molar-refractivity contribution in [1.82, 2.24) is 14.4 Å². The molecule has 0 fully saturated rings. The van der Waals surface area contributed by atoms with Crippen LogP contribution in [0.5, 0.6) is 0 Å². The molecule has 0 saturated carbocycles. The van der Waals surface area contributed by atoms with E-state index in [2.05, 4.69) is 31.2 Å². The van der Waals surface area contributed by atoms with Crippen LogP contribution in [0.3, 0.4) is 0 Å². The van der Waals surface area contributed by atoms with Crippen molar-refractivity contribution >= 4 is 44.1 Å². The lowest BCUT2D eigenvalue weighted by Gasteiger charge is -2.19. The van der Waals surface area contributed by atoms with E-state index < -0.39 is 17.8 Å². The second kappa shape index (κ2) is 6.66. The maximum absolute atomic E-state index is 13.1. The summed E-state index contributed by atoms with van der Waals surface area (Å²) in [6, 6.07) is 8.82. The minimum atomic E-state index is -4.46. The molecule has 5 nitrogen and oxygen atoms in total. The first-order chi connectivity index (χ1) is 13.2. The minimum Gasteiger partial charge on any atom is -0.399 e. The number of alkyl halides is 3. The summed E-state index contributed by atoms with van der Waals surface area (Å²) in [5, 5.41) is 4.02. The first kappa shape index (κ1) is 18.5. The standard InChI is InChI=1S/C19H15BrF3N5/c1-10(11-6-12(19(21,22)23)8-14(24)7-11)26-17-15-9-13(20)2-3-16(15)28-5-4-25-18(28)27-17/h2-10H,24H2,1H3,(H,25,26,27). The van der Waals surface area contributed by atoms with E-state index in [9.17, 15) is 13.2 Å². The fourth-order valence-corrected chi connectivity index (χ4v) is 3.48. The van der Waals surface area contributed by atoms with Crippen LogP contribution in [0.15, 0.2) is 53.3 Å². The van der Waals surface area contributed by atoms with E-state index in [1.807, 2.05) is 22.6 Å². The summed E-state index contributed by atoms with van der Waals surface area (Å²) in [7, 11) is 0. The van der Waals surface area contributed by atoms with Crippen LogP contribution in [0, 0.1) is 0 Å². The number of nitrogens with one attached hydrogen (secondary N) is 1. The molecule has 3 N–H and O–H groups in total. The molecule has 0 saturated heterocycles. The number of benzene rings is 2. The van der Waals surface area contributed by atoms with Gasteiger partial charge < -0.3 is 11.1 Å². The van der Waals surface area contributed by atoms with Crippen LogP contribution in [-0.4, -0.2) is 14.4 Å². The maximum Gasteiger partial charge on any atom is 0.416 e. The molecule has 0 aliphatic carbocycles. The third-order valence-corrected chi connectivity index (χ3v) is 4.96. The number of halogens is 4. The summed E-state index contributed by atoms with van der Waals surface area (Å²) in [5.74, 6) is 1.02. The molecule has 0 bridgehead atoms. The lowest BCUT2D eigenvalue weighted by Crippen LogP contribution is -2.12. The fraction of sp³-hybridized carbons (Fsp3) is 0.158. The zero-order valence-corrected chi connectivity index (χ0v) is 16.2. The molecular formula is C19H15BrF3N5. The monoisotopic (exact) mass is 449 g/mol. The molecule has 1 unspecified atom stereocenters. The Morgan fingerprint density at radius 1 is 1.18 bits per heavy atom. The first-order valence-corrected chi connectivity index (χ1v) is 9.18. The first-order valence-electron chi connectivity index (χ1n) is 8.39. The minimum absolute atomic E-state index is 0.0581. The van der Waals surface area contributed by atoms with Crippen molar-refractivity contribution in [3.63, 3.8) is 0 Å². The van der Waals surface area contributed by atoms with Gasteiger partial charge in [-0.15, -0.1) is 0 Å².